The number of amides is 2. The number of hydrogen-bond acceptors (Lipinski definition) is 2. The zero-order valence-corrected chi connectivity index (χ0v) is 10.7. The third kappa shape index (κ3) is 4.33. The van der Waals surface area contributed by atoms with Crippen LogP contribution in [0.3, 0.4) is 0 Å². The fourth-order valence-electron chi connectivity index (χ4n) is 1.18. The molecule has 1 aromatic rings. The lowest BCUT2D eigenvalue weighted by Gasteiger charge is -2.21. The molecule has 90 valence electrons. The first kappa shape index (κ1) is 13.3. The van der Waals surface area contributed by atoms with Gasteiger partial charge in [-0.25, -0.2) is 4.79 Å². The molecule has 1 aromatic carbocycles. The lowest BCUT2D eigenvalue weighted by atomic mass is 10.1. The van der Waals surface area contributed by atoms with Crippen LogP contribution in [0.4, 0.5) is 10.5 Å². The molecule has 0 unspecified atom stereocenters. The number of nitrogens with one attached hydrogen (secondary N) is 2. The van der Waals surface area contributed by atoms with Crippen molar-refractivity contribution in [3.05, 3.63) is 28.8 Å². The highest BCUT2D eigenvalue weighted by molar-refractivity contribution is 6.33. The normalized spacial score (nSPS) is 10.5. The first-order valence-electron chi connectivity index (χ1n) is 5.10. The Bertz CT molecular complexity index is 472. The summed E-state index contributed by atoms with van der Waals surface area (Å²) < 4.78 is 0. The summed E-state index contributed by atoms with van der Waals surface area (Å²) >= 11 is 5.92. The Hall–Kier alpha value is -1.73. The Morgan fingerprint density at radius 2 is 2.06 bits per heavy atom. The van der Waals surface area contributed by atoms with E-state index < -0.39 is 0 Å². The first-order chi connectivity index (χ1) is 7.81. The number of hydrogen-bond donors (Lipinski definition) is 2. The highest BCUT2D eigenvalue weighted by Gasteiger charge is 2.14. The molecule has 17 heavy (non-hydrogen) atoms. The van der Waals surface area contributed by atoms with Gasteiger partial charge in [0.25, 0.3) is 0 Å². The predicted molar refractivity (Wildman–Crippen MR) is 68.1 cm³/mol. The summed E-state index contributed by atoms with van der Waals surface area (Å²) in [5.41, 5.74) is 0.538. The average Bonchev–Trinajstić information content (AvgIpc) is 2.18. The third-order valence-corrected chi connectivity index (χ3v) is 2.16. The van der Waals surface area contributed by atoms with Crippen molar-refractivity contribution in [2.45, 2.75) is 26.3 Å². The second kappa shape index (κ2) is 5.07. The van der Waals surface area contributed by atoms with E-state index in [4.69, 9.17) is 16.9 Å². The molecule has 0 radical (unpaired) electrons. The van der Waals surface area contributed by atoms with Gasteiger partial charge in [0.15, 0.2) is 0 Å². The van der Waals surface area contributed by atoms with Gasteiger partial charge in [0.05, 0.1) is 22.3 Å². The fourth-order valence-corrected chi connectivity index (χ4v) is 1.35. The molecule has 0 aromatic heterocycles. The molecular formula is C12H14ClN3O. The van der Waals surface area contributed by atoms with E-state index in [0.29, 0.717) is 16.3 Å². The Labute approximate surface area is 106 Å². The summed E-state index contributed by atoms with van der Waals surface area (Å²) in [4.78, 5) is 11.6. The van der Waals surface area contributed by atoms with Crippen LogP contribution in [0.5, 0.6) is 0 Å². The van der Waals surface area contributed by atoms with Gasteiger partial charge < -0.3 is 10.6 Å². The molecule has 0 fully saturated rings. The molecule has 0 atom stereocenters. The van der Waals surface area contributed by atoms with Crippen molar-refractivity contribution in [3.8, 4) is 6.07 Å². The van der Waals surface area contributed by atoms with E-state index in [2.05, 4.69) is 10.6 Å². The van der Waals surface area contributed by atoms with Gasteiger partial charge in [-0.1, -0.05) is 11.6 Å². The maximum atomic E-state index is 11.6. The molecule has 0 spiro atoms. The van der Waals surface area contributed by atoms with Crippen molar-refractivity contribution in [3.63, 3.8) is 0 Å². The number of halogens is 1. The highest BCUT2D eigenvalue weighted by Crippen LogP contribution is 2.22. The summed E-state index contributed by atoms with van der Waals surface area (Å²) in [6.45, 7) is 5.62. The third-order valence-electron chi connectivity index (χ3n) is 1.83. The largest absolute Gasteiger partial charge is 0.333 e. The van der Waals surface area contributed by atoms with Gasteiger partial charge in [-0.2, -0.15) is 5.26 Å². The number of anilines is 1. The van der Waals surface area contributed by atoms with Gasteiger partial charge in [-0.15, -0.1) is 0 Å². The minimum atomic E-state index is -0.352. The van der Waals surface area contributed by atoms with Crippen LogP contribution in [-0.2, 0) is 0 Å². The van der Waals surface area contributed by atoms with Gasteiger partial charge in [0, 0.05) is 5.54 Å². The molecule has 2 N–H and O–H groups in total. The van der Waals surface area contributed by atoms with Crippen LogP contribution < -0.4 is 10.6 Å². The van der Waals surface area contributed by atoms with E-state index in [0.717, 1.165) is 0 Å². The zero-order chi connectivity index (χ0) is 13.1. The van der Waals surface area contributed by atoms with Gasteiger partial charge in [0.1, 0.15) is 0 Å². The Morgan fingerprint density at radius 3 is 2.59 bits per heavy atom. The van der Waals surface area contributed by atoms with Crippen LogP contribution in [0.1, 0.15) is 26.3 Å². The van der Waals surface area contributed by atoms with E-state index in [1.165, 1.54) is 6.07 Å². The standard InChI is InChI=1S/C12H14ClN3O/c1-12(2,3)16-11(17)15-10-6-8(7-14)4-5-9(10)13/h4-6H,1-3H3,(H2,15,16,17). The molecule has 0 aliphatic carbocycles. The van der Waals surface area contributed by atoms with Crippen molar-refractivity contribution < 1.29 is 4.79 Å². The van der Waals surface area contributed by atoms with Crippen LogP contribution in [-0.4, -0.2) is 11.6 Å². The molecule has 1 rings (SSSR count). The summed E-state index contributed by atoms with van der Waals surface area (Å²) in [7, 11) is 0. The van der Waals surface area contributed by atoms with Crippen LogP contribution in [0.25, 0.3) is 0 Å². The van der Waals surface area contributed by atoms with Crippen molar-refractivity contribution in [2.75, 3.05) is 5.32 Å². The summed E-state index contributed by atoms with van der Waals surface area (Å²) in [6, 6.07) is 6.33. The monoisotopic (exact) mass is 251 g/mol. The number of nitrogens with zero attached hydrogens (tertiary/aromatic N) is 1. The Kier molecular flexibility index (Phi) is 3.97. The molecular weight excluding hydrogens is 238 g/mol. The molecule has 0 saturated heterocycles. The van der Waals surface area contributed by atoms with Gasteiger partial charge in [-0.3, -0.25) is 0 Å². The summed E-state index contributed by atoms with van der Waals surface area (Å²) in [5, 5.41) is 14.5. The number of urea groups is 1. The Balaban J connectivity index is 2.82. The van der Waals surface area contributed by atoms with Crippen LogP contribution in [0.15, 0.2) is 18.2 Å². The minimum Gasteiger partial charge on any atom is -0.333 e. The molecule has 2 amide bonds. The number of nitriles is 1. The fraction of sp³-hybridized carbons (Fsp3) is 0.333. The second-order valence-electron chi connectivity index (χ2n) is 4.64. The summed E-state index contributed by atoms with van der Waals surface area (Å²) in [5.74, 6) is 0. The van der Waals surface area contributed by atoms with Gasteiger partial charge >= 0.3 is 6.03 Å². The van der Waals surface area contributed by atoms with Gasteiger partial charge in [-0.05, 0) is 39.0 Å². The first-order valence-corrected chi connectivity index (χ1v) is 5.48. The highest BCUT2D eigenvalue weighted by atomic mass is 35.5. The number of rotatable bonds is 1. The van der Waals surface area contributed by atoms with Crippen LogP contribution >= 0.6 is 11.6 Å². The van der Waals surface area contributed by atoms with Crippen LogP contribution in [0, 0.1) is 11.3 Å². The van der Waals surface area contributed by atoms with E-state index in [1.54, 1.807) is 12.1 Å². The quantitative estimate of drug-likeness (QED) is 0.805. The Morgan fingerprint density at radius 1 is 1.41 bits per heavy atom. The number of benzene rings is 1. The van der Waals surface area contributed by atoms with Crippen molar-refractivity contribution in [1.29, 1.82) is 5.26 Å². The SMILES string of the molecule is CC(C)(C)NC(=O)Nc1cc(C#N)ccc1Cl. The van der Waals surface area contributed by atoms with E-state index in [1.807, 2.05) is 26.8 Å². The molecule has 0 heterocycles. The molecule has 0 bridgehead atoms. The van der Waals surface area contributed by atoms with E-state index in [9.17, 15) is 4.79 Å². The van der Waals surface area contributed by atoms with Crippen LogP contribution in [0.2, 0.25) is 5.02 Å². The van der Waals surface area contributed by atoms with Crippen molar-refractivity contribution in [2.24, 2.45) is 0 Å². The average molecular weight is 252 g/mol. The molecule has 4 nitrogen and oxygen atoms in total. The molecule has 0 aliphatic heterocycles. The minimum absolute atomic E-state index is 0.330. The summed E-state index contributed by atoms with van der Waals surface area (Å²) in [6.07, 6.45) is 0. The predicted octanol–water partition coefficient (Wildman–Crippen LogP) is 3.13. The molecule has 0 saturated carbocycles. The zero-order valence-electron chi connectivity index (χ0n) is 9.97. The maximum absolute atomic E-state index is 11.6. The topological polar surface area (TPSA) is 64.9 Å². The number of carbonyl (C=O) groups excluding carboxylic acids is 1. The van der Waals surface area contributed by atoms with E-state index in [-0.39, 0.29) is 11.6 Å². The lowest BCUT2D eigenvalue weighted by molar-refractivity contribution is 0.244. The van der Waals surface area contributed by atoms with Crippen molar-refractivity contribution in [1.82, 2.24) is 5.32 Å². The molecule has 0 aliphatic rings. The molecule has 5 heteroatoms. The van der Waals surface area contributed by atoms with E-state index >= 15 is 0 Å². The second-order valence-corrected chi connectivity index (χ2v) is 5.04. The maximum Gasteiger partial charge on any atom is 0.319 e. The van der Waals surface area contributed by atoms with Gasteiger partial charge in [0.2, 0.25) is 0 Å². The van der Waals surface area contributed by atoms with Crippen molar-refractivity contribution >= 4 is 23.3 Å². The lowest BCUT2D eigenvalue weighted by Crippen LogP contribution is -2.43. The smallest absolute Gasteiger partial charge is 0.319 e. The number of carbonyl (C=O) groups is 1.